The molecule has 3 nitrogen and oxygen atoms in total. The largest absolute Gasteiger partial charge is 0.348 e. The van der Waals surface area contributed by atoms with Crippen LogP contribution in [0.4, 0.5) is 4.39 Å². The highest BCUT2D eigenvalue weighted by Gasteiger charge is 2.16. The van der Waals surface area contributed by atoms with Crippen molar-refractivity contribution in [2.45, 2.75) is 6.54 Å². The van der Waals surface area contributed by atoms with Gasteiger partial charge in [-0.15, -0.1) is 0 Å². The zero-order chi connectivity index (χ0) is 16.9. The Balaban J connectivity index is 1.82. The number of nitrogens with zero attached hydrogens (tertiary/aromatic N) is 1. The predicted octanol–water partition coefficient (Wildman–Crippen LogP) is 4.47. The Morgan fingerprint density at radius 3 is 2.58 bits per heavy atom. The van der Waals surface area contributed by atoms with Crippen LogP contribution in [0.1, 0.15) is 15.9 Å². The molecule has 1 amide bonds. The molecule has 120 valence electrons. The van der Waals surface area contributed by atoms with Gasteiger partial charge in [0, 0.05) is 18.3 Å². The monoisotopic (exact) mass is 340 g/mol. The summed E-state index contributed by atoms with van der Waals surface area (Å²) in [6.45, 7) is 0.224. The summed E-state index contributed by atoms with van der Waals surface area (Å²) < 4.78 is 13.8. The predicted molar refractivity (Wildman–Crippen MR) is 92.3 cm³/mol. The number of benzene rings is 2. The topological polar surface area (TPSA) is 42.0 Å². The van der Waals surface area contributed by atoms with Crippen molar-refractivity contribution < 1.29 is 9.18 Å². The number of carbonyl (C=O) groups is 1. The molecule has 1 N–H and O–H groups in total. The van der Waals surface area contributed by atoms with Crippen LogP contribution >= 0.6 is 11.6 Å². The molecule has 2 aromatic carbocycles. The van der Waals surface area contributed by atoms with Gasteiger partial charge in [0.05, 0.1) is 16.3 Å². The van der Waals surface area contributed by atoms with E-state index in [-0.39, 0.29) is 17.1 Å². The number of hydrogen-bond acceptors (Lipinski definition) is 2. The Morgan fingerprint density at radius 1 is 1.04 bits per heavy atom. The van der Waals surface area contributed by atoms with Crippen LogP contribution in [0, 0.1) is 5.82 Å². The highest BCUT2D eigenvalue weighted by Crippen LogP contribution is 2.22. The second kappa shape index (κ2) is 7.23. The third kappa shape index (κ3) is 3.44. The van der Waals surface area contributed by atoms with E-state index in [1.807, 2.05) is 36.4 Å². The lowest BCUT2D eigenvalue weighted by Gasteiger charge is -2.11. The first-order valence-electron chi connectivity index (χ1n) is 7.38. The Morgan fingerprint density at radius 2 is 1.83 bits per heavy atom. The fourth-order valence-electron chi connectivity index (χ4n) is 2.42. The maximum absolute atomic E-state index is 13.8. The van der Waals surface area contributed by atoms with E-state index in [1.54, 1.807) is 12.3 Å². The van der Waals surface area contributed by atoms with Crippen LogP contribution in [0.15, 0.2) is 66.9 Å². The summed E-state index contributed by atoms with van der Waals surface area (Å²) in [6, 6.07) is 17.5. The molecule has 0 atom stereocenters. The molecule has 0 radical (unpaired) electrons. The number of pyridine rings is 1. The minimum atomic E-state index is -0.644. The number of carbonyl (C=O) groups excluding carboxylic acids is 1. The van der Waals surface area contributed by atoms with Gasteiger partial charge < -0.3 is 5.32 Å². The van der Waals surface area contributed by atoms with Crippen LogP contribution in [0.5, 0.6) is 0 Å². The van der Waals surface area contributed by atoms with Crippen LogP contribution < -0.4 is 5.32 Å². The van der Waals surface area contributed by atoms with E-state index in [0.29, 0.717) is 0 Å². The van der Waals surface area contributed by atoms with Gasteiger partial charge in [0.2, 0.25) is 0 Å². The van der Waals surface area contributed by atoms with E-state index in [4.69, 9.17) is 11.6 Å². The number of aromatic nitrogens is 1. The minimum Gasteiger partial charge on any atom is -0.348 e. The van der Waals surface area contributed by atoms with Crippen LogP contribution in [0.3, 0.4) is 0 Å². The zero-order valence-corrected chi connectivity index (χ0v) is 13.4. The van der Waals surface area contributed by atoms with Gasteiger partial charge in [-0.1, -0.05) is 54.1 Å². The molecule has 0 bridgehead atoms. The summed E-state index contributed by atoms with van der Waals surface area (Å²) in [5.41, 5.74) is 2.41. The second-order valence-corrected chi connectivity index (χ2v) is 5.56. The molecule has 0 unspecified atom stereocenters. The van der Waals surface area contributed by atoms with E-state index in [9.17, 15) is 9.18 Å². The molecule has 0 spiro atoms. The molecule has 3 rings (SSSR count). The van der Waals surface area contributed by atoms with Gasteiger partial charge in [0.1, 0.15) is 5.82 Å². The third-order valence-corrected chi connectivity index (χ3v) is 3.88. The maximum atomic E-state index is 13.8. The van der Waals surface area contributed by atoms with Crippen molar-refractivity contribution in [2.24, 2.45) is 0 Å². The van der Waals surface area contributed by atoms with Gasteiger partial charge in [-0.25, -0.2) is 4.39 Å². The van der Waals surface area contributed by atoms with Crippen LogP contribution in [-0.4, -0.2) is 10.9 Å². The van der Waals surface area contributed by atoms with Crippen molar-refractivity contribution >= 4 is 17.5 Å². The molecule has 24 heavy (non-hydrogen) atoms. The normalized spacial score (nSPS) is 10.4. The van der Waals surface area contributed by atoms with Gasteiger partial charge in [-0.3, -0.25) is 9.78 Å². The summed E-state index contributed by atoms with van der Waals surface area (Å²) >= 11 is 5.92. The van der Waals surface area contributed by atoms with Gasteiger partial charge in [-0.05, 0) is 23.8 Å². The van der Waals surface area contributed by atoms with Crippen molar-refractivity contribution in [3.63, 3.8) is 0 Å². The minimum absolute atomic E-state index is 0.0852. The average Bonchev–Trinajstić information content (AvgIpc) is 2.61. The SMILES string of the molecule is O=C(NCc1cccnc1-c1ccccc1)c1c(F)cccc1Cl. The molecule has 1 heterocycles. The fourth-order valence-corrected chi connectivity index (χ4v) is 2.66. The number of nitrogens with one attached hydrogen (secondary N) is 1. The lowest BCUT2D eigenvalue weighted by atomic mass is 10.1. The maximum Gasteiger partial charge on any atom is 0.256 e. The smallest absolute Gasteiger partial charge is 0.256 e. The van der Waals surface area contributed by atoms with Gasteiger partial charge in [-0.2, -0.15) is 0 Å². The highest BCUT2D eigenvalue weighted by molar-refractivity contribution is 6.33. The van der Waals surface area contributed by atoms with Crippen molar-refractivity contribution in [3.05, 3.63) is 88.8 Å². The van der Waals surface area contributed by atoms with Gasteiger partial charge in [0.25, 0.3) is 5.91 Å². The Kier molecular flexibility index (Phi) is 4.87. The first kappa shape index (κ1) is 16.1. The Hall–Kier alpha value is -2.72. The zero-order valence-electron chi connectivity index (χ0n) is 12.7. The number of hydrogen-bond donors (Lipinski definition) is 1. The summed E-state index contributed by atoms with van der Waals surface area (Å²) in [5, 5.41) is 2.79. The summed E-state index contributed by atoms with van der Waals surface area (Å²) in [7, 11) is 0. The number of amides is 1. The number of rotatable bonds is 4. The molecule has 0 aliphatic rings. The molecule has 0 saturated carbocycles. The molecule has 0 aliphatic carbocycles. The molecular formula is C19H14ClFN2O. The molecule has 0 aliphatic heterocycles. The molecule has 3 aromatic rings. The molecule has 0 saturated heterocycles. The Labute approximate surface area is 144 Å². The average molecular weight is 341 g/mol. The van der Waals surface area contributed by atoms with Crippen molar-refractivity contribution in [3.8, 4) is 11.3 Å². The molecule has 5 heteroatoms. The Bertz CT molecular complexity index is 848. The van der Waals surface area contributed by atoms with E-state index in [0.717, 1.165) is 16.8 Å². The first-order valence-corrected chi connectivity index (χ1v) is 7.76. The summed E-state index contributed by atoms with van der Waals surface area (Å²) in [4.78, 5) is 16.6. The van der Waals surface area contributed by atoms with E-state index >= 15 is 0 Å². The quantitative estimate of drug-likeness (QED) is 0.761. The van der Waals surface area contributed by atoms with Crippen LogP contribution in [0.2, 0.25) is 5.02 Å². The van der Waals surface area contributed by atoms with E-state index < -0.39 is 11.7 Å². The van der Waals surface area contributed by atoms with Gasteiger partial charge in [0.15, 0.2) is 0 Å². The van der Waals surface area contributed by atoms with E-state index in [2.05, 4.69) is 10.3 Å². The second-order valence-electron chi connectivity index (χ2n) is 5.16. The van der Waals surface area contributed by atoms with Crippen LogP contribution in [0.25, 0.3) is 11.3 Å². The first-order chi connectivity index (χ1) is 11.7. The lowest BCUT2D eigenvalue weighted by molar-refractivity contribution is 0.0947. The summed E-state index contributed by atoms with van der Waals surface area (Å²) in [6.07, 6.45) is 1.70. The summed E-state index contributed by atoms with van der Waals surface area (Å²) in [5.74, 6) is -1.20. The molecule has 0 fully saturated rings. The molecular weight excluding hydrogens is 327 g/mol. The van der Waals surface area contributed by atoms with E-state index in [1.165, 1.54) is 18.2 Å². The number of halogens is 2. The van der Waals surface area contributed by atoms with Gasteiger partial charge >= 0.3 is 0 Å². The lowest BCUT2D eigenvalue weighted by Crippen LogP contribution is -2.24. The molecule has 1 aromatic heterocycles. The highest BCUT2D eigenvalue weighted by atomic mass is 35.5. The van der Waals surface area contributed by atoms with Crippen molar-refractivity contribution in [1.29, 1.82) is 0 Å². The van der Waals surface area contributed by atoms with Crippen LogP contribution in [-0.2, 0) is 6.54 Å². The third-order valence-electron chi connectivity index (χ3n) is 3.57. The standard InChI is InChI=1S/C19H14ClFN2O/c20-15-9-4-10-16(21)17(15)19(24)23-12-14-8-5-11-22-18(14)13-6-2-1-3-7-13/h1-11H,12H2,(H,23,24). The fraction of sp³-hybridized carbons (Fsp3) is 0.0526. The van der Waals surface area contributed by atoms with Crippen molar-refractivity contribution in [2.75, 3.05) is 0 Å². The van der Waals surface area contributed by atoms with Crippen molar-refractivity contribution in [1.82, 2.24) is 10.3 Å².